The van der Waals surface area contributed by atoms with Crippen LogP contribution in [0.2, 0.25) is 0 Å². The molecule has 2 fully saturated rings. The van der Waals surface area contributed by atoms with E-state index in [1.807, 2.05) is 6.92 Å². The van der Waals surface area contributed by atoms with E-state index < -0.39 is 11.5 Å². The van der Waals surface area contributed by atoms with E-state index >= 15 is 0 Å². The molecule has 2 aliphatic carbocycles. The van der Waals surface area contributed by atoms with Crippen molar-refractivity contribution >= 4 is 12.0 Å². The van der Waals surface area contributed by atoms with Crippen molar-refractivity contribution in [1.82, 2.24) is 10.6 Å². The minimum atomic E-state index is -1.07. The van der Waals surface area contributed by atoms with Crippen molar-refractivity contribution in [1.29, 1.82) is 0 Å². The molecule has 21 heavy (non-hydrogen) atoms. The Morgan fingerprint density at radius 2 is 1.62 bits per heavy atom. The Morgan fingerprint density at radius 1 is 1.05 bits per heavy atom. The number of carbonyl (C=O) groups is 2. The second-order valence-electron chi connectivity index (χ2n) is 6.73. The molecule has 0 aromatic heterocycles. The number of rotatable bonds is 4. The Morgan fingerprint density at radius 3 is 2.14 bits per heavy atom. The zero-order chi connectivity index (χ0) is 15.3. The van der Waals surface area contributed by atoms with Gasteiger partial charge < -0.3 is 15.7 Å². The Kier molecular flexibility index (Phi) is 5.48. The Balaban J connectivity index is 1.92. The molecule has 3 N–H and O–H groups in total. The molecule has 120 valence electrons. The van der Waals surface area contributed by atoms with Gasteiger partial charge in [0, 0.05) is 6.04 Å². The van der Waals surface area contributed by atoms with Gasteiger partial charge in [-0.1, -0.05) is 38.5 Å². The summed E-state index contributed by atoms with van der Waals surface area (Å²) < 4.78 is 0. The summed E-state index contributed by atoms with van der Waals surface area (Å²) in [5, 5.41) is 15.3. The monoisotopic (exact) mass is 296 g/mol. The lowest BCUT2D eigenvalue weighted by molar-refractivity contribution is -0.145. The maximum atomic E-state index is 12.2. The minimum Gasteiger partial charge on any atom is -0.480 e. The number of hydrogen-bond donors (Lipinski definition) is 3. The fourth-order valence-corrected chi connectivity index (χ4v) is 3.76. The van der Waals surface area contributed by atoms with Crippen molar-refractivity contribution in [3.63, 3.8) is 0 Å². The summed E-state index contributed by atoms with van der Waals surface area (Å²) in [7, 11) is 0. The van der Waals surface area contributed by atoms with E-state index in [0.717, 1.165) is 38.5 Å². The molecule has 2 aliphatic rings. The molecule has 0 heterocycles. The van der Waals surface area contributed by atoms with Crippen molar-refractivity contribution in [2.45, 2.75) is 82.7 Å². The molecule has 0 radical (unpaired) electrons. The number of aliphatic carboxylic acids is 1. The fraction of sp³-hybridized carbons (Fsp3) is 0.875. The topological polar surface area (TPSA) is 78.4 Å². The number of urea groups is 1. The molecule has 2 rings (SSSR count). The summed E-state index contributed by atoms with van der Waals surface area (Å²) in [4.78, 5) is 23.9. The lowest BCUT2D eigenvalue weighted by atomic mass is 9.90. The molecule has 0 aromatic carbocycles. The van der Waals surface area contributed by atoms with Crippen LogP contribution in [-0.2, 0) is 4.79 Å². The molecular formula is C16H28N2O3. The average Bonchev–Trinajstić information content (AvgIpc) is 2.86. The third kappa shape index (κ3) is 4.11. The quantitative estimate of drug-likeness (QED) is 0.698. The highest BCUT2D eigenvalue weighted by molar-refractivity contribution is 5.86. The van der Waals surface area contributed by atoms with Crippen molar-refractivity contribution in [2.24, 2.45) is 5.92 Å². The van der Waals surface area contributed by atoms with E-state index in [1.165, 1.54) is 12.8 Å². The van der Waals surface area contributed by atoms with Gasteiger partial charge in [0.2, 0.25) is 0 Å². The molecule has 0 aromatic rings. The predicted molar refractivity (Wildman–Crippen MR) is 81.2 cm³/mol. The summed E-state index contributed by atoms with van der Waals surface area (Å²) in [6, 6.07) is -0.206. The van der Waals surface area contributed by atoms with Crippen molar-refractivity contribution < 1.29 is 14.7 Å². The number of amides is 2. The second kappa shape index (κ2) is 7.14. The van der Waals surface area contributed by atoms with E-state index in [2.05, 4.69) is 10.6 Å². The van der Waals surface area contributed by atoms with Crippen LogP contribution in [0.3, 0.4) is 0 Å². The van der Waals surface area contributed by atoms with Crippen LogP contribution < -0.4 is 10.6 Å². The summed E-state index contributed by atoms with van der Waals surface area (Å²) >= 11 is 0. The molecule has 0 aliphatic heterocycles. The Labute approximate surface area is 126 Å². The SMILES string of the molecule is CC(NC(=O)NC1(C(=O)O)CCCCCC1)C1CCCC1. The van der Waals surface area contributed by atoms with Crippen LogP contribution in [0.25, 0.3) is 0 Å². The van der Waals surface area contributed by atoms with Gasteiger partial charge in [-0.3, -0.25) is 0 Å². The van der Waals surface area contributed by atoms with E-state index in [0.29, 0.717) is 18.8 Å². The maximum absolute atomic E-state index is 12.2. The summed E-state index contributed by atoms with van der Waals surface area (Å²) in [5.74, 6) is -0.362. The van der Waals surface area contributed by atoms with Crippen molar-refractivity contribution in [2.75, 3.05) is 0 Å². The van der Waals surface area contributed by atoms with Gasteiger partial charge in [0.1, 0.15) is 5.54 Å². The molecule has 1 unspecified atom stereocenters. The third-order valence-corrected chi connectivity index (χ3v) is 5.19. The van der Waals surface area contributed by atoms with Gasteiger partial charge >= 0.3 is 12.0 Å². The van der Waals surface area contributed by atoms with Gasteiger partial charge in [-0.15, -0.1) is 0 Å². The smallest absolute Gasteiger partial charge is 0.329 e. The molecule has 2 saturated carbocycles. The normalized spacial score (nSPS) is 24.0. The van der Waals surface area contributed by atoms with Gasteiger partial charge in [0.25, 0.3) is 0 Å². The van der Waals surface area contributed by atoms with Crippen LogP contribution in [0.5, 0.6) is 0 Å². The van der Waals surface area contributed by atoms with Crippen molar-refractivity contribution in [3.8, 4) is 0 Å². The van der Waals surface area contributed by atoms with E-state index in [-0.39, 0.29) is 12.1 Å². The van der Waals surface area contributed by atoms with Crippen LogP contribution in [0.1, 0.15) is 71.1 Å². The molecule has 0 saturated heterocycles. The predicted octanol–water partition coefficient (Wildman–Crippen LogP) is 3.04. The average molecular weight is 296 g/mol. The van der Waals surface area contributed by atoms with Gasteiger partial charge in [0.05, 0.1) is 0 Å². The van der Waals surface area contributed by atoms with E-state index in [4.69, 9.17) is 0 Å². The largest absolute Gasteiger partial charge is 0.480 e. The second-order valence-corrected chi connectivity index (χ2v) is 6.73. The maximum Gasteiger partial charge on any atom is 0.329 e. The van der Waals surface area contributed by atoms with Crippen LogP contribution in [0, 0.1) is 5.92 Å². The van der Waals surface area contributed by atoms with Gasteiger partial charge in [0.15, 0.2) is 0 Å². The number of nitrogens with one attached hydrogen (secondary N) is 2. The zero-order valence-corrected chi connectivity index (χ0v) is 13.0. The number of carbonyl (C=O) groups excluding carboxylic acids is 1. The van der Waals surface area contributed by atoms with Crippen LogP contribution in [0.15, 0.2) is 0 Å². The number of carboxylic acids is 1. The van der Waals surface area contributed by atoms with Crippen LogP contribution in [0.4, 0.5) is 4.79 Å². The molecule has 5 nitrogen and oxygen atoms in total. The molecule has 1 atom stereocenters. The van der Waals surface area contributed by atoms with Gasteiger partial charge in [-0.25, -0.2) is 9.59 Å². The standard InChI is InChI=1S/C16H28N2O3/c1-12(13-8-4-5-9-13)17-15(21)18-16(14(19)20)10-6-2-3-7-11-16/h12-13H,2-11H2,1H3,(H,19,20)(H2,17,18,21). The van der Waals surface area contributed by atoms with Gasteiger partial charge in [-0.2, -0.15) is 0 Å². The molecular weight excluding hydrogens is 268 g/mol. The summed E-state index contributed by atoms with van der Waals surface area (Å²) in [6.07, 6.45) is 9.69. The first kappa shape index (κ1) is 16.1. The van der Waals surface area contributed by atoms with E-state index in [1.54, 1.807) is 0 Å². The first-order valence-corrected chi connectivity index (χ1v) is 8.35. The highest BCUT2D eigenvalue weighted by Gasteiger charge is 2.40. The molecule has 0 bridgehead atoms. The third-order valence-electron chi connectivity index (χ3n) is 5.19. The van der Waals surface area contributed by atoms with E-state index in [9.17, 15) is 14.7 Å². The minimum absolute atomic E-state index is 0.115. The first-order valence-electron chi connectivity index (χ1n) is 8.35. The Hall–Kier alpha value is -1.26. The van der Waals surface area contributed by atoms with Crippen LogP contribution in [-0.4, -0.2) is 28.7 Å². The molecule has 2 amide bonds. The molecule has 0 spiro atoms. The summed E-state index contributed by atoms with van der Waals surface area (Å²) in [5.41, 5.74) is -1.07. The van der Waals surface area contributed by atoms with Gasteiger partial charge in [-0.05, 0) is 38.5 Å². The highest BCUT2D eigenvalue weighted by atomic mass is 16.4. The lowest BCUT2D eigenvalue weighted by Crippen LogP contribution is -2.58. The highest BCUT2D eigenvalue weighted by Crippen LogP contribution is 2.29. The fourth-order valence-electron chi connectivity index (χ4n) is 3.76. The van der Waals surface area contributed by atoms with Crippen LogP contribution >= 0.6 is 0 Å². The summed E-state index contributed by atoms with van der Waals surface area (Å²) in [6.45, 7) is 2.02. The first-order chi connectivity index (χ1) is 10.0. The zero-order valence-electron chi connectivity index (χ0n) is 13.0. The lowest BCUT2D eigenvalue weighted by Gasteiger charge is -2.30. The Bertz CT molecular complexity index is 370. The molecule has 5 heteroatoms. The number of hydrogen-bond acceptors (Lipinski definition) is 2. The number of carboxylic acid groups (broad SMARTS) is 1. The van der Waals surface area contributed by atoms with Crippen molar-refractivity contribution in [3.05, 3.63) is 0 Å².